The summed E-state index contributed by atoms with van der Waals surface area (Å²) in [7, 11) is 0. The number of halogens is 4. The zero-order valence-electron chi connectivity index (χ0n) is 10.7. The Hall–Kier alpha value is -2.08. The first-order valence-corrected chi connectivity index (χ1v) is 6.16. The van der Waals surface area contributed by atoms with E-state index in [1.165, 1.54) is 25.1 Å². The van der Waals surface area contributed by atoms with Crippen molar-refractivity contribution in [2.75, 3.05) is 0 Å². The van der Waals surface area contributed by atoms with Gasteiger partial charge in [-0.2, -0.15) is 13.2 Å². The van der Waals surface area contributed by atoms with Gasteiger partial charge in [0.05, 0.1) is 5.56 Å². The number of nitrogens with zero attached hydrogens (tertiary/aromatic N) is 1. The number of benzene rings is 1. The van der Waals surface area contributed by atoms with Gasteiger partial charge in [-0.15, -0.1) is 0 Å². The van der Waals surface area contributed by atoms with E-state index in [0.717, 1.165) is 12.1 Å². The molecule has 0 unspecified atom stereocenters. The van der Waals surface area contributed by atoms with Crippen molar-refractivity contribution in [1.29, 1.82) is 0 Å². The Balaban J connectivity index is 2.58. The first-order chi connectivity index (χ1) is 9.70. The highest BCUT2D eigenvalue weighted by Gasteiger charge is 2.30. The van der Waals surface area contributed by atoms with Crippen LogP contribution in [0.15, 0.2) is 30.3 Å². The Morgan fingerprint density at radius 1 is 1.29 bits per heavy atom. The van der Waals surface area contributed by atoms with Gasteiger partial charge in [0.2, 0.25) is 0 Å². The Bertz CT molecular complexity index is 714. The average molecular weight is 316 g/mol. The Morgan fingerprint density at radius 3 is 2.52 bits per heavy atom. The fraction of sp³-hybridized carbons (Fsp3) is 0.143. The van der Waals surface area contributed by atoms with E-state index < -0.39 is 17.7 Å². The summed E-state index contributed by atoms with van der Waals surface area (Å²) in [6.07, 6.45) is -4.47. The lowest BCUT2D eigenvalue weighted by Gasteiger charge is -2.11. The zero-order chi connectivity index (χ0) is 15.8. The number of rotatable bonds is 2. The number of carboxylic acids is 1. The number of hydrogen-bond acceptors (Lipinski definition) is 2. The van der Waals surface area contributed by atoms with Gasteiger partial charge < -0.3 is 5.11 Å². The van der Waals surface area contributed by atoms with Gasteiger partial charge in [0, 0.05) is 5.56 Å². The third-order valence-electron chi connectivity index (χ3n) is 2.87. The molecule has 110 valence electrons. The van der Waals surface area contributed by atoms with Gasteiger partial charge in [-0.1, -0.05) is 23.7 Å². The van der Waals surface area contributed by atoms with Gasteiger partial charge in [0.25, 0.3) is 0 Å². The van der Waals surface area contributed by atoms with Crippen LogP contribution in [-0.4, -0.2) is 16.1 Å². The van der Waals surface area contributed by atoms with Gasteiger partial charge in [-0.3, -0.25) is 0 Å². The monoisotopic (exact) mass is 315 g/mol. The van der Waals surface area contributed by atoms with E-state index in [1.54, 1.807) is 0 Å². The molecule has 1 aromatic carbocycles. The summed E-state index contributed by atoms with van der Waals surface area (Å²) in [5.74, 6) is -1.25. The summed E-state index contributed by atoms with van der Waals surface area (Å²) in [5.41, 5.74) is -0.237. The number of aromatic nitrogens is 1. The van der Waals surface area contributed by atoms with Gasteiger partial charge >= 0.3 is 12.1 Å². The fourth-order valence-corrected chi connectivity index (χ4v) is 2.12. The van der Waals surface area contributed by atoms with Gasteiger partial charge in [-0.25, -0.2) is 9.78 Å². The summed E-state index contributed by atoms with van der Waals surface area (Å²) >= 11 is 5.89. The molecule has 3 nitrogen and oxygen atoms in total. The molecule has 0 saturated heterocycles. The predicted molar refractivity (Wildman–Crippen MR) is 71.4 cm³/mol. The summed E-state index contributed by atoms with van der Waals surface area (Å²) in [6, 6.07) is 6.02. The Labute approximate surface area is 123 Å². The van der Waals surface area contributed by atoms with Crippen LogP contribution in [0.25, 0.3) is 11.1 Å². The largest absolute Gasteiger partial charge is 0.477 e. The number of carboxylic acid groups (broad SMARTS) is 1. The minimum Gasteiger partial charge on any atom is -0.477 e. The van der Waals surface area contributed by atoms with Gasteiger partial charge in [0.15, 0.2) is 5.69 Å². The molecule has 1 aromatic heterocycles. The normalized spacial score (nSPS) is 11.5. The lowest BCUT2D eigenvalue weighted by molar-refractivity contribution is -0.137. The predicted octanol–water partition coefficient (Wildman–Crippen LogP) is 4.43. The molecule has 1 heterocycles. The zero-order valence-corrected chi connectivity index (χ0v) is 11.5. The highest BCUT2D eigenvalue weighted by molar-refractivity contribution is 6.32. The van der Waals surface area contributed by atoms with E-state index >= 15 is 0 Å². The minimum atomic E-state index is -4.47. The molecule has 0 radical (unpaired) electrons. The summed E-state index contributed by atoms with van der Waals surface area (Å²) in [4.78, 5) is 14.7. The number of hydrogen-bond donors (Lipinski definition) is 1. The van der Waals surface area contributed by atoms with Crippen LogP contribution in [0, 0.1) is 6.92 Å². The third kappa shape index (κ3) is 3.16. The molecule has 0 spiro atoms. The quantitative estimate of drug-likeness (QED) is 0.834. The maximum Gasteiger partial charge on any atom is 0.416 e. The summed E-state index contributed by atoms with van der Waals surface area (Å²) in [5, 5.41) is 8.78. The number of carbonyl (C=O) groups is 1. The van der Waals surface area contributed by atoms with Crippen LogP contribution < -0.4 is 0 Å². The molecule has 2 rings (SSSR count). The van der Waals surface area contributed by atoms with Crippen molar-refractivity contribution >= 4 is 17.6 Å². The van der Waals surface area contributed by atoms with E-state index in [2.05, 4.69) is 4.98 Å². The van der Waals surface area contributed by atoms with Crippen molar-refractivity contribution in [1.82, 2.24) is 4.98 Å². The molecular formula is C14H9ClF3NO2. The maximum atomic E-state index is 12.7. The van der Waals surface area contributed by atoms with Crippen LogP contribution in [0.3, 0.4) is 0 Å². The van der Waals surface area contributed by atoms with Gasteiger partial charge in [0.1, 0.15) is 5.15 Å². The highest BCUT2D eigenvalue weighted by atomic mass is 35.5. The average Bonchev–Trinajstić information content (AvgIpc) is 2.40. The molecular weight excluding hydrogens is 307 g/mol. The van der Waals surface area contributed by atoms with Crippen LogP contribution in [0.4, 0.5) is 13.2 Å². The molecule has 0 fully saturated rings. The molecule has 0 amide bonds. The molecule has 21 heavy (non-hydrogen) atoms. The Morgan fingerprint density at radius 2 is 1.95 bits per heavy atom. The van der Waals surface area contributed by atoms with Crippen LogP contribution in [0.2, 0.25) is 5.15 Å². The van der Waals surface area contributed by atoms with Gasteiger partial charge in [-0.05, 0) is 36.2 Å². The van der Waals surface area contributed by atoms with E-state index in [-0.39, 0.29) is 22.0 Å². The second-order valence-corrected chi connectivity index (χ2v) is 4.73. The second-order valence-electron chi connectivity index (χ2n) is 4.38. The van der Waals surface area contributed by atoms with E-state index in [4.69, 9.17) is 16.7 Å². The van der Waals surface area contributed by atoms with E-state index in [0.29, 0.717) is 5.56 Å². The third-order valence-corrected chi connectivity index (χ3v) is 3.16. The highest BCUT2D eigenvalue weighted by Crippen LogP contribution is 2.34. The van der Waals surface area contributed by atoms with Crippen LogP contribution in [0.1, 0.15) is 21.6 Å². The molecule has 0 aliphatic carbocycles. The molecule has 7 heteroatoms. The van der Waals surface area contributed by atoms with Crippen molar-refractivity contribution in [3.63, 3.8) is 0 Å². The van der Waals surface area contributed by atoms with Crippen LogP contribution in [-0.2, 0) is 6.18 Å². The fourth-order valence-electron chi connectivity index (χ4n) is 1.87. The van der Waals surface area contributed by atoms with Crippen LogP contribution in [0.5, 0.6) is 0 Å². The number of aryl methyl sites for hydroxylation is 1. The standard InChI is InChI=1S/C14H9ClF3NO2/c1-7-5-10(12(15)19-11(7)13(20)21)8-3-2-4-9(6-8)14(16,17)18/h2-6H,1H3,(H,20,21). The van der Waals surface area contributed by atoms with Crippen LogP contribution >= 0.6 is 11.6 Å². The van der Waals surface area contributed by atoms with E-state index in [1.807, 2.05) is 0 Å². The topological polar surface area (TPSA) is 50.2 Å². The molecule has 2 aromatic rings. The number of pyridine rings is 1. The first kappa shape index (κ1) is 15.3. The van der Waals surface area contributed by atoms with E-state index in [9.17, 15) is 18.0 Å². The van der Waals surface area contributed by atoms with Crippen molar-refractivity contribution in [2.45, 2.75) is 13.1 Å². The Kier molecular flexibility index (Phi) is 3.91. The lowest BCUT2D eigenvalue weighted by Crippen LogP contribution is -2.06. The first-order valence-electron chi connectivity index (χ1n) is 5.78. The smallest absolute Gasteiger partial charge is 0.416 e. The maximum absolute atomic E-state index is 12.7. The molecule has 0 aliphatic heterocycles. The molecule has 0 saturated carbocycles. The molecule has 0 bridgehead atoms. The molecule has 0 atom stereocenters. The molecule has 1 N–H and O–H groups in total. The lowest BCUT2D eigenvalue weighted by atomic mass is 10.0. The number of aromatic carboxylic acids is 1. The SMILES string of the molecule is Cc1cc(-c2cccc(C(F)(F)F)c2)c(Cl)nc1C(=O)O. The van der Waals surface area contributed by atoms with Crippen molar-refractivity contribution in [2.24, 2.45) is 0 Å². The molecule has 0 aliphatic rings. The van der Waals surface area contributed by atoms with Crippen molar-refractivity contribution < 1.29 is 23.1 Å². The minimum absolute atomic E-state index is 0.155. The second kappa shape index (κ2) is 5.37. The van der Waals surface area contributed by atoms with Crippen molar-refractivity contribution in [3.8, 4) is 11.1 Å². The van der Waals surface area contributed by atoms with Crippen molar-refractivity contribution in [3.05, 3.63) is 52.3 Å². The summed E-state index contributed by atoms with van der Waals surface area (Å²) in [6.45, 7) is 1.50. The summed E-state index contributed by atoms with van der Waals surface area (Å²) < 4.78 is 38.1. The number of alkyl halides is 3.